The van der Waals surface area contributed by atoms with Crippen LogP contribution in [0.15, 0.2) is 47.5 Å². The molecule has 0 radical (unpaired) electrons. The molecule has 0 atom stereocenters. The summed E-state index contributed by atoms with van der Waals surface area (Å²) in [5.41, 5.74) is 7.01. The molecule has 7 nitrogen and oxygen atoms in total. The van der Waals surface area contributed by atoms with Crippen molar-refractivity contribution in [2.45, 2.75) is 0 Å². The van der Waals surface area contributed by atoms with Gasteiger partial charge in [0.15, 0.2) is 5.82 Å². The normalized spacial score (nSPS) is 11.4. The Balaban J connectivity index is 1.91. The van der Waals surface area contributed by atoms with E-state index in [9.17, 15) is 0 Å². The molecule has 0 bridgehead atoms. The summed E-state index contributed by atoms with van der Waals surface area (Å²) in [6.45, 7) is 0.873. The van der Waals surface area contributed by atoms with E-state index in [1.54, 1.807) is 18.2 Å². The van der Waals surface area contributed by atoms with Gasteiger partial charge in [-0.05, 0) is 30.3 Å². The lowest BCUT2D eigenvalue weighted by atomic mass is 10.2. The molecule has 27 heavy (non-hydrogen) atoms. The van der Waals surface area contributed by atoms with E-state index >= 15 is 0 Å². The van der Waals surface area contributed by atoms with Gasteiger partial charge in [-0.25, -0.2) is 20.4 Å². The molecule has 3 aromatic rings. The van der Waals surface area contributed by atoms with Gasteiger partial charge in [0.1, 0.15) is 5.82 Å². The third-order valence-corrected chi connectivity index (χ3v) is 4.18. The van der Waals surface area contributed by atoms with Crippen molar-refractivity contribution >= 4 is 52.3 Å². The third-order valence-electron chi connectivity index (χ3n) is 3.64. The van der Waals surface area contributed by atoms with Crippen molar-refractivity contribution in [2.75, 3.05) is 18.4 Å². The van der Waals surface area contributed by atoms with Gasteiger partial charge in [-0.1, -0.05) is 35.3 Å². The van der Waals surface area contributed by atoms with Crippen molar-refractivity contribution in [2.24, 2.45) is 10.7 Å². The average Bonchev–Trinajstić information content (AvgIpc) is 2.65. The number of nitrogens with two attached hydrogens (primary N) is 2. The summed E-state index contributed by atoms with van der Waals surface area (Å²) in [7, 11) is 0. The van der Waals surface area contributed by atoms with Crippen LogP contribution in [0, 0.1) is 0 Å². The number of hydrogen-bond donors (Lipinski definition) is 3. The summed E-state index contributed by atoms with van der Waals surface area (Å²) in [4.78, 5) is 13.3. The highest BCUT2D eigenvalue weighted by Gasteiger charge is 2.12. The smallest absolute Gasteiger partial charge is 0.328 e. The van der Waals surface area contributed by atoms with Crippen molar-refractivity contribution in [3.63, 3.8) is 0 Å². The van der Waals surface area contributed by atoms with Crippen LogP contribution in [0.1, 0.15) is 0 Å². The van der Waals surface area contributed by atoms with Crippen molar-refractivity contribution in [1.29, 1.82) is 0 Å². The van der Waals surface area contributed by atoms with Crippen LogP contribution in [0.2, 0.25) is 10.0 Å². The summed E-state index contributed by atoms with van der Waals surface area (Å²) in [6.07, 6.45) is 0.978. The first-order chi connectivity index (χ1) is 13.1. The van der Waals surface area contributed by atoms with Crippen LogP contribution < -0.4 is 16.5 Å². The molecular formula is C18H17Cl2N6O+. The molecule has 0 aliphatic heterocycles. The zero-order chi connectivity index (χ0) is 19.2. The van der Waals surface area contributed by atoms with E-state index in [-0.39, 0.29) is 6.02 Å². The summed E-state index contributed by atoms with van der Waals surface area (Å²) >= 11 is 12.3. The molecule has 0 amide bonds. The maximum Gasteiger partial charge on any atom is 0.328 e. The highest BCUT2D eigenvalue weighted by atomic mass is 35.5. The van der Waals surface area contributed by atoms with E-state index in [2.05, 4.69) is 20.3 Å². The lowest BCUT2D eigenvalue weighted by Crippen LogP contribution is -2.34. The number of nitrogens with zero attached hydrogens (tertiary/aromatic N) is 3. The fraction of sp³-hybridized carbons (Fsp3) is 0.111. The number of halogens is 2. The Bertz CT molecular complexity index is 1010. The standard InChI is InChI=1S/C18H16Cl2N6O/c19-11-5-6-12(14(20)9-11)17-25-15-4-2-1-3-13(15)16(26-17)23-7-8-24-18(22)27-10-21/h1-6,9-10,21H,7-8H2,(H2,22,24)(H,23,25,26)/p+1. The van der Waals surface area contributed by atoms with Crippen LogP contribution in [0.25, 0.3) is 22.3 Å². The van der Waals surface area contributed by atoms with Gasteiger partial charge in [-0.2, -0.15) is 0 Å². The Morgan fingerprint density at radius 2 is 2.04 bits per heavy atom. The Labute approximate surface area is 165 Å². The number of para-hydroxylation sites is 1. The molecule has 138 valence electrons. The number of fused-ring (bicyclic) bond motifs is 1. The predicted molar refractivity (Wildman–Crippen MR) is 109 cm³/mol. The van der Waals surface area contributed by atoms with Crippen molar-refractivity contribution < 1.29 is 10.1 Å². The molecule has 2 aromatic carbocycles. The molecule has 1 heterocycles. The van der Waals surface area contributed by atoms with Crippen molar-refractivity contribution in [3.05, 3.63) is 52.5 Å². The molecule has 0 aliphatic rings. The van der Waals surface area contributed by atoms with E-state index < -0.39 is 0 Å². The number of aliphatic imine (C=N–C) groups is 1. The van der Waals surface area contributed by atoms with Crippen LogP contribution in [-0.2, 0) is 4.74 Å². The number of hydrogen-bond acceptors (Lipinski definition) is 5. The summed E-state index contributed by atoms with van der Waals surface area (Å²) in [6, 6.07) is 12.9. The van der Waals surface area contributed by atoms with Gasteiger partial charge in [-0.3, -0.25) is 0 Å². The number of nitrogens with one attached hydrogen (secondary N) is 1. The molecule has 1 aromatic heterocycles. The van der Waals surface area contributed by atoms with Crippen LogP contribution in [0.5, 0.6) is 0 Å². The van der Waals surface area contributed by atoms with Gasteiger partial charge in [0.2, 0.25) is 0 Å². The largest absolute Gasteiger partial charge is 0.377 e. The highest BCUT2D eigenvalue weighted by molar-refractivity contribution is 6.36. The molecule has 0 fully saturated rings. The molecule has 9 heteroatoms. The van der Waals surface area contributed by atoms with E-state index in [1.165, 1.54) is 0 Å². The maximum absolute atomic E-state index is 6.32. The molecule has 0 saturated carbocycles. The Hall–Kier alpha value is -2.90. The van der Waals surface area contributed by atoms with Gasteiger partial charge >= 0.3 is 6.40 Å². The molecule has 3 rings (SSSR count). The minimum absolute atomic E-state index is 0.000445. The van der Waals surface area contributed by atoms with Gasteiger partial charge in [0.05, 0.1) is 17.1 Å². The van der Waals surface area contributed by atoms with E-state index in [0.717, 1.165) is 17.3 Å². The average molecular weight is 404 g/mol. The van der Waals surface area contributed by atoms with Crippen molar-refractivity contribution in [1.82, 2.24) is 9.97 Å². The van der Waals surface area contributed by atoms with E-state index in [4.69, 9.17) is 39.1 Å². The monoisotopic (exact) mass is 403 g/mol. The number of aromatic nitrogens is 2. The van der Waals surface area contributed by atoms with E-state index in [1.807, 2.05) is 24.3 Å². The molecule has 0 saturated heterocycles. The van der Waals surface area contributed by atoms with Crippen LogP contribution in [0.4, 0.5) is 5.82 Å². The molecule has 0 spiro atoms. The zero-order valence-electron chi connectivity index (χ0n) is 14.2. The third kappa shape index (κ3) is 4.64. The second kappa shape index (κ2) is 8.66. The SMILES string of the molecule is NC(=NCCNc1nc(-c2ccc(Cl)cc2Cl)nc2ccccc12)OC=[NH2+]. The first-order valence-corrected chi connectivity index (χ1v) is 8.80. The lowest BCUT2D eigenvalue weighted by molar-refractivity contribution is -0.121. The number of benzene rings is 2. The molecular weight excluding hydrogens is 387 g/mol. The minimum Gasteiger partial charge on any atom is -0.377 e. The van der Waals surface area contributed by atoms with Gasteiger partial charge in [0.25, 0.3) is 6.02 Å². The van der Waals surface area contributed by atoms with Gasteiger partial charge in [-0.15, -0.1) is 0 Å². The fourth-order valence-electron chi connectivity index (χ4n) is 2.45. The fourth-order valence-corrected chi connectivity index (χ4v) is 2.94. The molecule has 5 N–H and O–H groups in total. The summed E-state index contributed by atoms with van der Waals surface area (Å²) in [5.74, 6) is 1.17. The topological polar surface area (TPSA) is 111 Å². The van der Waals surface area contributed by atoms with Crippen LogP contribution in [-0.4, -0.2) is 35.5 Å². The Morgan fingerprint density at radius 3 is 2.81 bits per heavy atom. The second-order valence-electron chi connectivity index (χ2n) is 5.44. The van der Waals surface area contributed by atoms with E-state index in [0.29, 0.717) is 40.3 Å². The van der Waals surface area contributed by atoms with Gasteiger partial charge < -0.3 is 15.8 Å². The Morgan fingerprint density at radius 1 is 1.22 bits per heavy atom. The minimum atomic E-state index is 0.000445. The Kier molecular flexibility index (Phi) is 6.05. The van der Waals surface area contributed by atoms with Crippen LogP contribution in [0.3, 0.4) is 0 Å². The second-order valence-corrected chi connectivity index (χ2v) is 6.28. The zero-order valence-corrected chi connectivity index (χ0v) is 15.7. The molecule has 0 aliphatic carbocycles. The van der Waals surface area contributed by atoms with Crippen LogP contribution >= 0.6 is 23.2 Å². The highest BCUT2D eigenvalue weighted by Crippen LogP contribution is 2.31. The quantitative estimate of drug-likeness (QED) is 0.331. The first-order valence-electron chi connectivity index (χ1n) is 8.04. The maximum atomic E-state index is 6.32. The predicted octanol–water partition coefficient (Wildman–Crippen LogP) is 2.13. The summed E-state index contributed by atoms with van der Waals surface area (Å²) in [5, 5.41) is 10.3. The summed E-state index contributed by atoms with van der Waals surface area (Å²) < 4.78 is 4.77. The molecule has 0 unspecified atom stereocenters. The first kappa shape index (κ1) is 18.9. The van der Waals surface area contributed by atoms with Crippen molar-refractivity contribution in [3.8, 4) is 11.4 Å². The number of rotatable bonds is 6. The number of amidine groups is 1. The lowest BCUT2D eigenvalue weighted by Gasteiger charge is -2.11. The number of ether oxygens (including phenoxy) is 1. The van der Waals surface area contributed by atoms with Gasteiger partial charge in [0, 0.05) is 22.5 Å². The number of anilines is 1.